The molecule has 3 heteroatoms. The summed E-state index contributed by atoms with van der Waals surface area (Å²) in [5, 5.41) is 10.8. The number of benzene rings is 8. The standard InChI is InChI=1S/C48H32N2O/c1-4-14-31(15-5-1)36-25-26-37(40-23-13-12-22-39(36)40)35-28-41-46-38-21-11-10-16-32(38)24-27-45(46)51-47(41)42(29-35)48-49-43(33-17-6-2-7-18-33)30-44(50-48)34-19-8-3-9-20-34/h1-30,48-49H. The number of fused-ring (bicyclic) bond motifs is 6. The zero-order valence-corrected chi connectivity index (χ0v) is 27.8. The van der Waals surface area contributed by atoms with Crippen molar-refractivity contribution < 1.29 is 4.42 Å². The molecule has 0 bridgehead atoms. The van der Waals surface area contributed by atoms with E-state index in [1.165, 1.54) is 38.2 Å². The Labute approximate surface area is 295 Å². The average molecular weight is 653 g/mol. The Kier molecular flexibility index (Phi) is 6.88. The van der Waals surface area contributed by atoms with Gasteiger partial charge in [0.25, 0.3) is 0 Å². The number of nitrogens with one attached hydrogen (secondary N) is 1. The molecule has 1 aromatic heterocycles. The lowest BCUT2D eigenvalue weighted by Gasteiger charge is -2.25. The molecule has 51 heavy (non-hydrogen) atoms. The van der Waals surface area contributed by atoms with Crippen LogP contribution in [0.5, 0.6) is 0 Å². The van der Waals surface area contributed by atoms with Crippen molar-refractivity contribution >= 4 is 54.9 Å². The van der Waals surface area contributed by atoms with Crippen molar-refractivity contribution in [1.82, 2.24) is 5.32 Å². The minimum atomic E-state index is -0.399. The van der Waals surface area contributed by atoms with Crippen LogP contribution in [0.15, 0.2) is 191 Å². The number of nitrogens with zero attached hydrogens (tertiary/aromatic N) is 1. The molecule has 0 saturated carbocycles. The van der Waals surface area contributed by atoms with Gasteiger partial charge in [0.05, 0.1) is 5.71 Å². The Morgan fingerprint density at radius 2 is 1.06 bits per heavy atom. The zero-order chi connectivity index (χ0) is 33.7. The summed E-state index contributed by atoms with van der Waals surface area (Å²) in [5.74, 6) is 0. The molecule has 240 valence electrons. The first-order valence-corrected chi connectivity index (χ1v) is 17.4. The fourth-order valence-electron chi connectivity index (χ4n) is 7.69. The first kappa shape index (κ1) is 29.2. The van der Waals surface area contributed by atoms with Gasteiger partial charge in [0.15, 0.2) is 0 Å². The highest BCUT2D eigenvalue weighted by atomic mass is 16.3. The van der Waals surface area contributed by atoms with Crippen LogP contribution in [0.25, 0.3) is 71.4 Å². The molecule has 1 aliphatic rings. The van der Waals surface area contributed by atoms with Crippen molar-refractivity contribution in [1.29, 1.82) is 0 Å². The van der Waals surface area contributed by atoms with Crippen LogP contribution in [0.2, 0.25) is 0 Å². The molecule has 1 unspecified atom stereocenters. The monoisotopic (exact) mass is 652 g/mol. The van der Waals surface area contributed by atoms with E-state index in [-0.39, 0.29) is 0 Å². The van der Waals surface area contributed by atoms with Gasteiger partial charge in [-0.1, -0.05) is 158 Å². The van der Waals surface area contributed by atoms with E-state index in [4.69, 9.17) is 9.41 Å². The van der Waals surface area contributed by atoms with E-state index in [9.17, 15) is 0 Å². The summed E-state index contributed by atoms with van der Waals surface area (Å²) in [6, 6.07) is 62.3. The molecule has 0 saturated heterocycles. The van der Waals surface area contributed by atoms with E-state index in [1.807, 2.05) is 6.07 Å². The van der Waals surface area contributed by atoms with Gasteiger partial charge in [-0.2, -0.15) is 0 Å². The molecular formula is C48H32N2O. The lowest BCUT2D eigenvalue weighted by Crippen LogP contribution is -2.25. The zero-order valence-electron chi connectivity index (χ0n) is 27.8. The van der Waals surface area contributed by atoms with Crippen molar-refractivity contribution in [2.45, 2.75) is 6.17 Å². The van der Waals surface area contributed by atoms with Crippen molar-refractivity contribution in [2.24, 2.45) is 4.99 Å². The second-order valence-electron chi connectivity index (χ2n) is 13.1. The first-order chi connectivity index (χ1) is 25.3. The molecule has 3 nitrogen and oxygen atoms in total. The van der Waals surface area contributed by atoms with E-state index >= 15 is 0 Å². The van der Waals surface area contributed by atoms with Gasteiger partial charge in [0.2, 0.25) is 0 Å². The minimum Gasteiger partial charge on any atom is -0.456 e. The average Bonchev–Trinajstić information content (AvgIpc) is 3.60. The molecule has 0 spiro atoms. The predicted octanol–water partition coefficient (Wildman–Crippen LogP) is 12.4. The van der Waals surface area contributed by atoms with E-state index in [0.717, 1.165) is 55.6 Å². The Balaban J connectivity index is 1.25. The van der Waals surface area contributed by atoms with Crippen LogP contribution >= 0.6 is 0 Å². The van der Waals surface area contributed by atoms with Crippen molar-refractivity contribution in [2.75, 3.05) is 0 Å². The number of hydrogen-bond acceptors (Lipinski definition) is 3. The smallest absolute Gasteiger partial charge is 0.149 e. The number of rotatable bonds is 5. The third-order valence-electron chi connectivity index (χ3n) is 10.1. The summed E-state index contributed by atoms with van der Waals surface area (Å²) >= 11 is 0. The highest BCUT2D eigenvalue weighted by Crippen LogP contribution is 2.44. The molecule has 0 amide bonds. The fourth-order valence-corrected chi connectivity index (χ4v) is 7.69. The normalized spacial score (nSPS) is 14.5. The van der Waals surface area contributed by atoms with Crippen molar-refractivity contribution in [3.05, 3.63) is 199 Å². The third-order valence-corrected chi connectivity index (χ3v) is 10.1. The first-order valence-electron chi connectivity index (χ1n) is 17.4. The maximum atomic E-state index is 6.85. The molecule has 1 N–H and O–H groups in total. The van der Waals surface area contributed by atoms with Crippen molar-refractivity contribution in [3.63, 3.8) is 0 Å². The fraction of sp³-hybridized carbons (Fsp3) is 0.0208. The molecule has 9 aromatic rings. The van der Waals surface area contributed by atoms with Crippen LogP contribution in [0.4, 0.5) is 0 Å². The highest BCUT2D eigenvalue weighted by molar-refractivity contribution is 6.20. The summed E-state index contributed by atoms with van der Waals surface area (Å²) in [5.41, 5.74) is 11.6. The molecule has 2 heterocycles. The lowest BCUT2D eigenvalue weighted by molar-refractivity contribution is 0.624. The van der Waals surface area contributed by atoms with E-state index in [2.05, 4.69) is 181 Å². The van der Waals surface area contributed by atoms with Crippen LogP contribution < -0.4 is 5.32 Å². The van der Waals surface area contributed by atoms with Crippen molar-refractivity contribution in [3.8, 4) is 22.3 Å². The SMILES string of the molecule is C1=C(c2ccccc2)NC(c2cc(-c3ccc(-c4ccccc4)c4ccccc34)cc3c2oc2ccc4ccccc4c23)N=C1c1ccccc1. The third kappa shape index (κ3) is 5.02. The largest absolute Gasteiger partial charge is 0.456 e. The molecule has 10 rings (SSSR count). The van der Waals surface area contributed by atoms with Gasteiger partial charge in [0, 0.05) is 22.0 Å². The number of hydrogen-bond donors (Lipinski definition) is 1. The van der Waals surface area contributed by atoms with Crippen LogP contribution in [0, 0.1) is 0 Å². The molecule has 1 atom stereocenters. The topological polar surface area (TPSA) is 37.5 Å². The predicted molar refractivity (Wildman–Crippen MR) is 213 cm³/mol. The van der Waals surface area contributed by atoms with E-state index in [1.54, 1.807) is 0 Å². The number of allylic oxidation sites excluding steroid dienone is 1. The van der Waals surface area contributed by atoms with E-state index < -0.39 is 6.17 Å². The Bertz CT molecular complexity index is 2810. The van der Waals surface area contributed by atoms with Gasteiger partial charge in [-0.25, -0.2) is 0 Å². The van der Waals surface area contributed by atoms with Gasteiger partial charge in [0.1, 0.15) is 17.3 Å². The van der Waals surface area contributed by atoms with Gasteiger partial charge < -0.3 is 9.73 Å². The van der Waals surface area contributed by atoms with Gasteiger partial charge in [-0.3, -0.25) is 4.99 Å². The van der Waals surface area contributed by atoms with Crippen LogP contribution in [-0.4, -0.2) is 5.71 Å². The summed E-state index contributed by atoms with van der Waals surface area (Å²) in [6.45, 7) is 0. The van der Waals surface area contributed by atoms with Crippen LogP contribution in [0.3, 0.4) is 0 Å². The Morgan fingerprint density at radius 1 is 0.471 bits per heavy atom. The Hall–Kier alpha value is -6.71. The molecule has 0 fully saturated rings. The summed E-state index contributed by atoms with van der Waals surface area (Å²) < 4.78 is 6.85. The summed E-state index contributed by atoms with van der Waals surface area (Å²) in [6.07, 6.45) is 1.76. The van der Waals surface area contributed by atoms with Crippen LogP contribution in [0.1, 0.15) is 22.9 Å². The van der Waals surface area contributed by atoms with Crippen LogP contribution in [-0.2, 0) is 0 Å². The lowest BCUT2D eigenvalue weighted by atomic mass is 9.90. The molecule has 0 aliphatic carbocycles. The second-order valence-corrected chi connectivity index (χ2v) is 13.1. The Morgan fingerprint density at radius 3 is 1.76 bits per heavy atom. The van der Waals surface area contributed by atoms with E-state index in [0.29, 0.717) is 0 Å². The van der Waals surface area contributed by atoms with Gasteiger partial charge >= 0.3 is 0 Å². The molecular weight excluding hydrogens is 621 g/mol. The maximum absolute atomic E-state index is 6.85. The second kappa shape index (κ2) is 12.0. The number of furan rings is 1. The summed E-state index contributed by atoms with van der Waals surface area (Å²) in [7, 11) is 0. The quantitative estimate of drug-likeness (QED) is 0.201. The molecule has 0 radical (unpaired) electrons. The molecule has 1 aliphatic heterocycles. The summed E-state index contributed by atoms with van der Waals surface area (Å²) in [4.78, 5) is 5.40. The van der Waals surface area contributed by atoms with Gasteiger partial charge in [-0.15, -0.1) is 0 Å². The highest BCUT2D eigenvalue weighted by Gasteiger charge is 2.26. The molecule has 8 aromatic carbocycles. The maximum Gasteiger partial charge on any atom is 0.149 e. The number of aliphatic imine (C=N–C) groups is 1. The minimum absolute atomic E-state index is 0.399. The van der Waals surface area contributed by atoms with Gasteiger partial charge in [-0.05, 0) is 79.2 Å².